The molecule has 0 saturated heterocycles. The molecule has 0 aliphatic carbocycles. The Hall–Kier alpha value is -3.31. The van der Waals surface area contributed by atoms with Crippen molar-refractivity contribution in [3.8, 4) is 39.3 Å². The smallest absolute Gasteiger partial charge is 0.231 e. The molecule has 0 amide bonds. The van der Waals surface area contributed by atoms with E-state index in [1.807, 2.05) is 43.3 Å². The van der Waals surface area contributed by atoms with Gasteiger partial charge >= 0.3 is 0 Å². The fourth-order valence-electron chi connectivity index (χ4n) is 2.68. The maximum atomic E-state index is 9.53. The van der Waals surface area contributed by atoms with Crippen LogP contribution in [0, 0.1) is 11.3 Å². The second kappa shape index (κ2) is 6.20. The Kier molecular flexibility index (Phi) is 3.86. The molecule has 3 heterocycles. The van der Waals surface area contributed by atoms with Gasteiger partial charge < -0.3 is 20.1 Å². The van der Waals surface area contributed by atoms with Crippen LogP contribution in [0.15, 0.2) is 30.5 Å². The van der Waals surface area contributed by atoms with Crippen LogP contribution in [-0.4, -0.2) is 30.9 Å². The van der Waals surface area contributed by atoms with E-state index in [9.17, 15) is 5.26 Å². The number of aromatic nitrogens is 2. The number of pyridine rings is 1. The summed E-state index contributed by atoms with van der Waals surface area (Å²) in [7, 11) is 3.85. The van der Waals surface area contributed by atoms with E-state index in [4.69, 9.17) is 15.2 Å². The van der Waals surface area contributed by atoms with Gasteiger partial charge in [0.15, 0.2) is 16.6 Å². The highest BCUT2D eigenvalue weighted by Gasteiger charge is 2.18. The summed E-state index contributed by atoms with van der Waals surface area (Å²) in [6.07, 6.45) is 1.75. The van der Waals surface area contributed by atoms with Gasteiger partial charge in [-0.2, -0.15) is 5.26 Å². The van der Waals surface area contributed by atoms with E-state index in [0.717, 1.165) is 21.1 Å². The molecule has 130 valence electrons. The minimum Gasteiger partial charge on any atom is -0.454 e. The van der Waals surface area contributed by atoms with Gasteiger partial charge in [-0.15, -0.1) is 0 Å². The normalized spacial score (nSPS) is 12.0. The molecule has 2 aromatic heterocycles. The topological polar surface area (TPSA) is 97.3 Å². The molecule has 0 saturated carbocycles. The number of nitrogens with zero attached hydrogens (tertiary/aromatic N) is 4. The van der Waals surface area contributed by atoms with E-state index in [0.29, 0.717) is 22.8 Å². The van der Waals surface area contributed by atoms with Crippen LogP contribution in [0.4, 0.5) is 10.9 Å². The van der Waals surface area contributed by atoms with Gasteiger partial charge in [-0.05, 0) is 24.3 Å². The van der Waals surface area contributed by atoms with Crippen LogP contribution in [0.25, 0.3) is 21.7 Å². The number of hydrogen-bond donors (Lipinski definition) is 1. The Morgan fingerprint density at radius 3 is 2.77 bits per heavy atom. The number of nitrogens with two attached hydrogens (primary N) is 1. The summed E-state index contributed by atoms with van der Waals surface area (Å²) in [6, 6.07) is 9.60. The van der Waals surface area contributed by atoms with Gasteiger partial charge in [0, 0.05) is 31.4 Å². The summed E-state index contributed by atoms with van der Waals surface area (Å²) < 4.78 is 10.8. The van der Waals surface area contributed by atoms with Crippen LogP contribution < -0.4 is 20.1 Å². The number of nitriles is 1. The lowest BCUT2D eigenvalue weighted by Crippen LogP contribution is -2.07. The first-order valence-corrected chi connectivity index (χ1v) is 8.62. The van der Waals surface area contributed by atoms with E-state index in [1.54, 1.807) is 6.20 Å². The zero-order chi connectivity index (χ0) is 18.3. The van der Waals surface area contributed by atoms with Crippen molar-refractivity contribution in [1.29, 1.82) is 5.26 Å². The number of anilines is 2. The number of thiazole rings is 1. The number of benzene rings is 1. The molecule has 0 atom stereocenters. The highest BCUT2D eigenvalue weighted by Crippen LogP contribution is 2.39. The molecule has 0 spiro atoms. The molecule has 1 aliphatic rings. The third-order valence-electron chi connectivity index (χ3n) is 3.97. The summed E-state index contributed by atoms with van der Waals surface area (Å²) in [4.78, 5) is 11.6. The summed E-state index contributed by atoms with van der Waals surface area (Å²) in [5.74, 6) is 1.56. The first-order valence-electron chi connectivity index (χ1n) is 7.81. The van der Waals surface area contributed by atoms with Crippen molar-refractivity contribution in [2.45, 2.75) is 0 Å². The van der Waals surface area contributed by atoms with Gasteiger partial charge in [-0.25, -0.2) is 9.97 Å². The predicted octanol–water partition coefficient (Wildman–Crippen LogP) is 3.12. The Balaban J connectivity index is 1.85. The summed E-state index contributed by atoms with van der Waals surface area (Å²) in [6.45, 7) is 0.209. The van der Waals surface area contributed by atoms with E-state index in [1.165, 1.54) is 11.3 Å². The van der Waals surface area contributed by atoms with Gasteiger partial charge in [0.05, 0.1) is 10.6 Å². The second-order valence-corrected chi connectivity index (χ2v) is 6.91. The van der Waals surface area contributed by atoms with Crippen molar-refractivity contribution < 1.29 is 9.47 Å². The molecule has 4 rings (SSSR count). The molecule has 0 radical (unpaired) electrons. The number of rotatable bonds is 3. The average molecular weight is 365 g/mol. The van der Waals surface area contributed by atoms with Crippen molar-refractivity contribution in [3.63, 3.8) is 0 Å². The van der Waals surface area contributed by atoms with Crippen molar-refractivity contribution in [1.82, 2.24) is 9.97 Å². The first-order chi connectivity index (χ1) is 12.6. The van der Waals surface area contributed by atoms with E-state index in [2.05, 4.69) is 16.0 Å². The summed E-state index contributed by atoms with van der Waals surface area (Å²) in [5, 5.41) is 10.4. The molecular formula is C18H15N5O2S. The monoisotopic (exact) mass is 365 g/mol. The van der Waals surface area contributed by atoms with Gasteiger partial charge in [-0.1, -0.05) is 11.3 Å². The van der Waals surface area contributed by atoms with E-state index >= 15 is 0 Å². The Bertz CT molecular complexity index is 1040. The van der Waals surface area contributed by atoms with Gasteiger partial charge in [0.25, 0.3) is 0 Å². The molecule has 8 heteroatoms. The molecule has 0 fully saturated rings. The minimum atomic E-state index is 0.192. The zero-order valence-corrected chi connectivity index (χ0v) is 15.0. The zero-order valence-electron chi connectivity index (χ0n) is 14.2. The van der Waals surface area contributed by atoms with Crippen LogP contribution in [0.5, 0.6) is 11.5 Å². The number of ether oxygens (including phenoxy) is 2. The molecule has 2 N–H and O–H groups in total. The molecule has 1 aromatic carbocycles. The number of nitrogen functional groups attached to an aromatic ring is 1. The van der Waals surface area contributed by atoms with Gasteiger partial charge in [0.1, 0.15) is 17.5 Å². The second-order valence-electron chi connectivity index (χ2n) is 5.90. The van der Waals surface area contributed by atoms with E-state index in [-0.39, 0.29) is 12.6 Å². The third kappa shape index (κ3) is 2.68. The number of fused-ring (bicyclic) bond motifs is 1. The molecule has 26 heavy (non-hydrogen) atoms. The lowest BCUT2D eigenvalue weighted by Gasteiger charge is -2.09. The molecule has 1 aliphatic heterocycles. The van der Waals surface area contributed by atoms with E-state index < -0.39 is 0 Å². The Morgan fingerprint density at radius 1 is 1.23 bits per heavy atom. The van der Waals surface area contributed by atoms with Gasteiger partial charge in [-0.3, -0.25) is 0 Å². The van der Waals surface area contributed by atoms with Crippen LogP contribution in [-0.2, 0) is 0 Å². The summed E-state index contributed by atoms with van der Waals surface area (Å²) in [5.41, 5.74) is 8.64. The number of hydrogen-bond acceptors (Lipinski definition) is 8. The standard InChI is InChI=1S/C18H15N5O2S/c1-23(2)18-21-8-16(26-18)11-6-13(22-17(20)12(11)7-19)10-3-4-14-15(5-10)25-9-24-14/h3-6,8H,9H2,1-2H3,(H2,20,22). The fourth-order valence-corrected chi connectivity index (χ4v) is 3.54. The largest absolute Gasteiger partial charge is 0.454 e. The van der Waals surface area contributed by atoms with Crippen LogP contribution in [0.3, 0.4) is 0 Å². The van der Waals surface area contributed by atoms with Crippen molar-refractivity contribution in [2.75, 3.05) is 31.5 Å². The molecule has 0 bridgehead atoms. The lowest BCUT2D eigenvalue weighted by atomic mass is 10.0. The maximum Gasteiger partial charge on any atom is 0.231 e. The molecule has 7 nitrogen and oxygen atoms in total. The highest BCUT2D eigenvalue weighted by atomic mass is 32.1. The van der Waals surface area contributed by atoms with Crippen LogP contribution in [0.2, 0.25) is 0 Å². The quantitative estimate of drug-likeness (QED) is 0.761. The molecule has 3 aromatic rings. The van der Waals surface area contributed by atoms with Crippen molar-refractivity contribution in [2.24, 2.45) is 0 Å². The highest BCUT2D eigenvalue weighted by molar-refractivity contribution is 7.18. The average Bonchev–Trinajstić information content (AvgIpc) is 3.29. The van der Waals surface area contributed by atoms with Crippen LogP contribution in [0.1, 0.15) is 5.56 Å². The van der Waals surface area contributed by atoms with Gasteiger partial charge in [0.2, 0.25) is 6.79 Å². The summed E-state index contributed by atoms with van der Waals surface area (Å²) >= 11 is 1.49. The first kappa shape index (κ1) is 16.2. The van der Waals surface area contributed by atoms with Crippen molar-refractivity contribution >= 4 is 22.3 Å². The molecular weight excluding hydrogens is 350 g/mol. The van der Waals surface area contributed by atoms with Crippen molar-refractivity contribution in [3.05, 3.63) is 36.0 Å². The van der Waals surface area contributed by atoms with Crippen LogP contribution >= 0.6 is 11.3 Å². The SMILES string of the molecule is CN(C)c1ncc(-c2cc(-c3ccc4c(c3)OCO4)nc(N)c2C#N)s1. The minimum absolute atomic E-state index is 0.192. The Morgan fingerprint density at radius 2 is 2.04 bits per heavy atom. The molecule has 0 unspecified atom stereocenters. The third-order valence-corrected chi connectivity index (χ3v) is 5.17. The lowest BCUT2D eigenvalue weighted by molar-refractivity contribution is 0.174. The maximum absolute atomic E-state index is 9.53. The fraction of sp³-hybridized carbons (Fsp3) is 0.167. The Labute approximate surface area is 154 Å². The predicted molar refractivity (Wildman–Crippen MR) is 100 cm³/mol.